The summed E-state index contributed by atoms with van der Waals surface area (Å²) in [4.78, 5) is 17.6. The number of nitrogens with one attached hydrogen (secondary N) is 1. The molecule has 6 nitrogen and oxygen atoms in total. The number of anilines is 1. The first-order valence-corrected chi connectivity index (χ1v) is 11.5. The van der Waals surface area contributed by atoms with Gasteiger partial charge in [-0.1, -0.05) is 36.4 Å². The van der Waals surface area contributed by atoms with Crippen molar-refractivity contribution in [2.45, 2.75) is 25.8 Å². The van der Waals surface area contributed by atoms with Gasteiger partial charge in [0.1, 0.15) is 0 Å². The Balaban J connectivity index is 0.00000241. The van der Waals surface area contributed by atoms with Gasteiger partial charge in [-0.15, -0.1) is 0 Å². The summed E-state index contributed by atoms with van der Waals surface area (Å²) in [5.74, 6) is 1.39. The van der Waals surface area contributed by atoms with E-state index in [0.29, 0.717) is 17.0 Å². The number of quaternary nitrogens is 1. The summed E-state index contributed by atoms with van der Waals surface area (Å²) in [5, 5.41) is 11.0. The molecule has 0 radical (unpaired) electrons. The number of nitrogens with two attached hydrogens (primary N) is 1. The van der Waals surface area contributed by atoms with Gasteiger partial charge in [-0.2, -0.15) is 5.10 Å². The number of benzene rings is 2. The zero-order valence-corrected chi connectivity index (χ0v) is 19.7. The van der Waals surface area contributed by atoms with Gasteiger partial charge in [-0.25, -0.2) is 9.67 Å². The van der Waals surface area contributed by atoms with E-state index in [2.05, 4.69) is 28.6 Å². The van der Waals surface area contributed by atoms with Crippen molar-refractivity contribution in [1.82, 2.24) is 14.8 Å². The molecule has 2 unspecified atom stereocenters. The standard InChI is InChI=1S/C27H25N5O.ClH/c1-17-25-23(32(31-17)24-9-5-6-14-28-24)13-11-20-16-29-21-12-10-19(15-22(21)30-26(20)25)27(33)18-7-3-2-4-8-18;/h2-10,12,14-15,20,26,29-30H,11,13,16H2,1H3;1H. The van der Waals surface area contributed by atoms with Crippen molar-refractivity contribution in [3.8, 4) is 5.82 Å². The van der Waals surface area contributed by atoms with Gasteiger partial charge >= 0.3 is 0 Å². The Bertz CT molecular complexity index is 1340. The molecular weight excluding hydrogens is 446 g/mol. The first-order valence-electron chi connectivity index (χ1n) is 11.5. The lowest BCUT2D eigenvalue weighted by atomic mass is 9.81. The molecule has 3 heterocycles. The lowest BCUT2D eigenvalue weighted by Crippen LogP contribution is -3.00. The minimum atomic E-state index is 0. The molecule has 4 aromatic rings. The topological polar surface area (TPSA) is 76.4 Å². The van der Waals surface area contributed by atoms with Crippen LogP contribution in [-0.4, -0.2) is 27.1 Å². The van der Waals surface area contributed by atoms with Crippen LogP contribution in [-0.2, 0) is 6.42 Å². The van der Waals surface area contributed by atoms with Crippen LogP contribution in [0.15, 0.2) is 72.9 Å². The fraction of sp³-hybridized carbons (Fsp3) is 0.222. The van der Waals surface area contributed by atoms with Crippen LogP contribution in [0.5, 0.6) is 0 Å². The number of rotatable bonds is 3. The molecule has 1 aliphatic heterocycles. The van der Waals surface area contributed by atoms with Crippen molar-refractivity contribution >= 4 is 17.2 Å². The SMILES string of the molecule is Cc1nn(-c2ccccn2)c2c1C1Nc3cc(C(=O)c4ccccc4)ccc3[NH2+]CC1CC2.[Cl-]. The summed E-state index contributed by atoms with van der Waals surface area (Å²) < 4.78 is 2.01. The summed E-state index contributed by atoms with van der Waals surface area (Å²) >= 11 is 0. The highest BCUT2D eigenvalue weighted by Crippen LogP contribution is 2.41. The van der Waals surface area contributed by atoms with E-state index < -0.39 is 0 Å². The third-order valence-electron chi connectivity index (χ3n) is 6.91. The van der Waals surface area contributed by atoms with E-state index in [4.69, 9.17) is 5.10 Å². The van der Waals surface area contributed by atoms with Gasteiger partial charge in [0.2, 0.25) is 0 Å². The van der Waals surface area contributed by atoms with Crippen LogP contribution in [0.25, 0.3) is 5.82 Å². The average Bonchev–Trinajstić information content (AvgIpc) is 3.09. The highest BCUT2D eigenvalue weighted by Gasteiger charge is 2.38. The average molecular weight is 472 g/mol. The number of carbonyl (C=O) groups excluding carboxylic acids is 1. The molecule has 0 fully saturated rings. The number of hydrogen-bond acceptors (Lipinski definition) is 4. The molecular formula is C27H26ClN5O. The number of hydrogen-bond donors (Lipinski definition) is 2. The third kappa shape index (κ3) is 3.79. The number of halogens is 1. The Morgan fingerprint density at radius 3 is 2.68 bits per heavy atom. The molecule has 34 heavy (non-hydrogen) atoms. The van der Waals surface area contributed by atoms with Crippen molar-refractivity contribution < 1.29 is 22.5 Å². The fourth-order valence-corrected chi connectivity index (χ4v) is 5.27. The maximum atomic E-state index is 13.1. The van der Waals surface area contributed by atoms with Crippen molar-refractivity contribution in [1.29, 1.82) is 0 Å². The van der Waals surface area contributed by atoms with Gasteiger partial charge in [0.25, 0.3) is 0 Å². The predicted octanol–water partition coefficient (Wildman–Crippen LogP) is 0.735. The van der Waals surface area contributed by atoms with Crippen molar-refractivity contribution in [2.75, 3.05) is 11.9 Å². The van der Waals surface area contributed by atoms with Crippen LogP contribution in [0.2, 0.25) is 0 Å². The Labute approximate surface area is 204 Å². The largest absolute Gasteiger partial charge is 1.00 e. The molecule has 2 aromatic heterocycles. The normalized spacial score (nSPS) is 18.4. The minimum absolute atomic E-state index is 0. The second-order valence-corrected chi connectivity index (χ2v) is 8.90. The van der Waals surface area contributed by atoms with Gasteiger partial charge in [0, 0.05) is 34.9 Å². The zero-order chi connectivity index (χ0) is 22.4. The summed E-state index contributed by atoms with van der Waals surface area (Å²) in [6.07, 6.45) is 3.88. The maximum Gasteiger partial charge on any atom is 0.193 e. The number of aromatic nitrogens is 3. The Morgan fingerprint density at radius 2 is 1.88 bits per heavy atom. The van der Waals surface area contributed by atoms with Crippen LogP contribution < -0.4 is 23.0 Å². The van der Waals surface area contributed by atoms with Crippen molar-refractivity contribution in [2.24, 2.45) is 5.92 Å². The monoisotopic (exact) mass is 471 g/mol. The summed E-state index contributed by atoms with van der Waals surface area (Å²) in [5.41, 5.74) is 7.14. The number of pyridine rings is 1. The first kappa shape index (κ1) is 22.3. The Morgan fingerprint density at radius 1 is 1.06 bits per heavy atom. The van der Waals surface area contributed by atoms with Gasteiger partial charge in [0.05, 0.1) is 29.7 Å². The number of aryl methyl sites for hydroxylation is 1. The lowest BCUT2D eigenvalue weighted by Gasteiger charge is -2.30. The number of fused-ring (bicyclic) bond motifs is 4. The van der Waals surface area contributed by atoms with Crippen LogP contribution in [0, 0.1) is 12.8 Å². The summed E-state index contributed by atoms with van der Waals surface area (Å²) in [7, 11) is 0. The Kier molecular flexibility index (Phi) is 5.94. The van der Waals surface area contributed by atoms with E-state index in [0.717, 1.165) is 42.3 Å². The predicted molar refractivity (Wildman–Crippen MR) is 127 cm³/mol. The molecule has 172 valence electrons. The molecule has 3 N–H and O–H groups in total. The molecule has 0 bridgehead atoms. The van der Waals surface area contributed by atoms with Gasteiger partial charge in [-0.05, 0) is 44.0 Å². The molecule has 0 spiro atoms. The molecule has 1 aliphatic carbocycles. The van der Waals surface area contributed by atoms with Crippen molar-refractivity contribution in [3.63, 3.8) is 0 Å². The van der Waals surface area contributed by atoms with E-state index in [-0.39, 0.29) is 24.2 Å². The number of carbonyl (C=O) groups is 1. The quantitative estimate of drug-likeness (QED) is 0.341. The van der Waals surface area contributed by atoms with Crippen LogP contribution in [0.4, 0.5) is 11.4 Å². The highest BCUT2D eigenvalue weighted by atomic mass is 35.5. The smallest absolute Gasteiger partial charge is 0.193 e. The second-order valence-electron chi connectivity index (χ2n) is 8.90. The first-order chi connectivity index (χ1) is 16.2. The van der Waals surface area contributed by atoms with Gasteiger partial charge < -0.3 is 23.0 Å². The highest BCUT2D eigenvalue weighted by molar-refractivity contribution is 6.09. The summed E-state index contributed by atoms with van der Waals surface area (Å²) in [6.45, 7) is 3.09. The zero-order valence-electron chi connectivity index (χ0n) is 18.9. The third-order valence-corrected chi connectivity index (χ3v) is 6.91. The van der Waals surface area contributed by atoms with E-state index in [9.17, 15) is 4.79 Å². The minimum Gasteiger partial charge on any atom is -1.00 e. The molecule has 0 saturated heterocycles. The molecule has 7 heteroatoms. The Hall–Kier alpha value is -3.48. The van der Waals surface area contributed by atoms with Crippen LogP contribution >= 0.6 is 0 Å². The van der Waals surface area contributed by atoms with Crippen LogP contribution in [0.3, 0.4) is 0 Å². The number of ketones is 1. The van der Waals surface area contributed by atoms with E-state index >= 15 is 0 Å². The molecule has 0 amide bonds. The number of nitrogens with zero attached hydrogens (tertiary/aromatic N) is 3. The second kappa shape index (κ2) is 9.05. The molecule has 2 atom stereocenters. The van der Waals surface area contributed by atoms with Crippen LogP contribution in [0.1, 0.15) is 45.3 Å². The molecule has 2 aromatic carbocycles. The maximum absolute atomic E-state index is 13.1. The van der Waals surface area contributed by atoms with Gasteiger partial charge in [-0.3, -0.25) is 4.79 Å². The van der Waals surface area contributed by atoms with E-state index in [1.54, 1.807) is 0 Å². The van der Waals surface area contributed by atoms with Gasteiger partial charge in [0.15, 0.2) is 17.3 Å². The van der Waals surface area contributed by atoms with E-state index in [1.165, 1.54) is 11.3 Å². The van der Waals surface area contributed by atoms with Crippen molar-refractivity contribution in [3.05, 3.63) is 101 Å². The molecule has 6 rings (SSSR count). The lowest BCUT2D eigenvalue weighted by molar-refractivity contribution is -0.577. The molecule has 2 aliphatic rings. The molecule has 0 saturated carbocycles. The fourth-order valence-electron chi connectivity index (χ4n) is 5.27. The van der Waals surface area contributed by atoms with E-state index in [1.807, 2.05) is 71.5 Å². The summed E-state index contributed by atoms with van der Waals surface area (Å²) in [6, 6.07) is 21.6.